The van der Waals surface area contributed by atoms with Gasteiger partial charge in [0.1, 0.15) is 5.75 Å². The first kappa shape index (κ1) is 20.5. The van der Waals surface area contributed by atoms with Crippen LogP contribution in [0.3, 0.4) is 0 Å². The lowest BCUT2D eigenvalue weighted by atomic mass is 10.1. The van der Waals surface area contributed by atoms with Crippen molar-refractivity contribution in [2.75, 3.05) is 6.54 Å². The molecule has 0 saturated heterocycles. The Morgan fingerprint density at radius 3 is 2.37 bits per heavy atom. The number of alkyl halides is 3. The number of hydrogen-bond acceptors (Lipinski definition) is 3. The third-order valence-corrected chi connectivity index (χ3v) is 3.92. The molecule has 0 aliphatic carbocycles. The number of ether oxygens (including phenoxy) is 1. The monoisotopic (exact) mass is 379 g/mol. The maximum Gasteiger partial charge on any atom is 0.416 e. The van der Waals surface area contributed by atoms with Crippen molar-refractivity contribution in [2.24, 2.45) is 0 Å². The first-order valence-corrected chi connectivity index (χ1v) is 8.38. The summed E-state index contributed by atoms with van der Waals surface area (Å²) in [5.74, 6) is -0.0441. The predicted molar refractivity (Wildman–Crippen MR) is 94.7 cm³/mol. The van der Waals surface area contributed by atoms with Crippen molar-refractivity contribution in [1.29, 1.82) is 0 Å². The number of rotatable bonds is 7. The van der Waals surface area contributed by atoms with Crippen molar-refractivity contribution >= 4 is 11.7 Å². The van der Waals surface area contributed by atoms with E-state index in [0.717, 1.165) is 12.1 Å². The van der Waals surface area contributed by atoms with E-state index < -0.39 is 17.8 Å². The number of carbonyl (C=O) groups is 2. The van der Waals surface area contributed by atoms with E-state index in [0.29, 0.717) is 23.3 Å². The summed E-state index contributed by atoms with van der Waals surface area (Å²) < 4.78 is 43.1. The van der Waals surface area contributed by atoms with E-state index in [1.54, 1.807) is 31.2 Å². The van der Waals surface area contributed by atoms with Gasteiger partial charge in [-0.05, 0) is 50.1 Å². The van der Waals surface area contributed by atoms with Crippen LogP contribution in [0.5, 0.6) is 5.75 Å². The molecule has 0 saturated carbocycles. The van der Waals surface area contributed by atoms with Gasteiger partial charge in [0.15, 0.2) is 11.9 Å². The van der Waals surface area contributed by atoms with Gasteiger partial charge in [-0.1, -0.05) is 24.3 Å². The van der Waals surface area contributed by atoms with E-state index in [1.807, 2.05) is 0 Å². The zero-order valence-electron chi connectivity index (χ0n) is 15.0. The van der Waals surface area contributed by atoms with Crippen LogP contribution in [0.4, 0.5) is 13.2 Å². The molecule has 144 valence electrons. The predicted octanol–water partition coefficient (Wildman–Crippen LogP) is 4.03. The van der Waals surface area contributed by atoms with Crippen molar-refractivity contribution in [3.63, 3.8) is 0 Å². The van der Waals surface area contributed by atoms with E-state index >= 15 is 0 Å². The van der Waals surface area contributed by atoms with Crippen LogP contribution in [0.15, 0.2) is 48.5 Å². The summed E-state index contributed by atoms with van der Waals surface area (Å²) in [5, 5.41) is 2.68. The molecule has 27 heavy (non-hydrogen) atoms. The van der Waals surface area contributed by atoms with Crippen molar-refractivity contribution in [1.82, 2.24) is 5.32 Å². The van der Waals surface area contributed by atoms with Crippen LogP contribution in [0.1, 0.15) is 35.3 Å². The molecule has 4 nitrogen and oxygen atoms in total. The highest BCUT2D eigenvalue weighted by atomic mass is 19.4. The third kappa shape index (κ3) is 6.13. The van der Waals surface area contributed by atoms with Crippen LogP contribution in [-0.2, 0) is 17.4 Å². The Bertz CT molecular complexity index is 801. The number of halogens is 3. The summed E-state index contributed by atoms with van der Waals surface area (Å²) in [7, 11) is 0. The Balaban J connectivity index is 1.83. The minimum atomic E-state index is -4.36. The Morgan fingerprint density at radius 1 is 1.11 bits per heavy atom. The second-order valence-electron chi connectivity index (χ2n) is 6.08. The first-order valence-electron chi connectivity index (χ1n) is 8.38. The Hall–Kier alpha value is -2.83. The summed E-state index contributed by atoms with van der Waals surface area (Å²) in [6.45, 7) is 3.29. The normalized spacial score (nSPS) is 12.3. The zero-order valence-corrected chi connectivity index (χ0v) is 15.0. The SMILES string of the molecule is CC(=O)c1cccc(OC(C)C(=O)NCCc2ccc(C(F)(F)F)cc2)c1. The van der Waals surface area contributed by atoms with Gasteiger partial charge in [0.2, 0.25) is 0 Å². The maximum absolute atomic E-state index is 12.5. The van der Waals surface area contributed by atoms with Crippen molar-refractivity contribution < 1.29 is 27.5 Å². The van der Waals surface area contributed by atoms with Crippen molar-refractivity contribution in [3.05, 3.63) is 65.2 Å². The molecule has 1 atom stereocenters. The molecule has 1 amide bonds. The van der Waals surface area contributed by atoms with Crippen LogP contribution in [0, 0.1) is 0 Å². The Kier molecular flexibility index (Phi) is 6.60. The average Bonchev–Trinajstić information content (AvgIpc) is 2.61. The number of nitrogens with one attached hydrogen (secondary N) is 1. The standard InChI is InChI=1S/C20H20F3NO3/c1-13(25)16-4-3-5-18(12-16)27-14(2)19(26)24-11-10-15-6-8-17(9-7-15)20(21,22)23/h3-9,12,14H,10-11H2,1-2H3,(H,24,26). The fourth-order valence-corrected chi connectivity index (χ4v) is 2.38. The summed E-state index contributed by atoms with van der Waals surface area (Å²) in [5.41, 5.74) is 0.471. The average molecular weight is 379 g/mol. The van der Waals surface area contributed by atoms with Crippen LogP contribution >= 0.6 is 0 Å². The van der Waals surface area contributed by atoms with Gasteiger partial charge in [0.25, 0.3) is 5.91 Å². The van der Waals surface area contributed by atoms with E-state index in [4.69, 9.17) is 4.74 Å². The molecule has 0 aliphatic rings. The molecule has 2 aromatic carbocycles. The number of ketones is 1. The summed E-state index contributed by atoms with van der Waals surface area (Å²) in [4.78, 5) is 23.5. The second-order valence-corrected chi connectivity index (χ2v) is 6.08. The molecule has 0 radical (unpaired) electrons. The van der Waals surface area contributed by atoms with Crippen LogP contribution < -0.4 is 10.1 Å². The maximum atomic E-state index is 12.5. The number of amides is 1. The number of Topliss-reactive ketones (excluding diaryl/α,β-unsaturated/α-hetero) is 1. The molecule has 0 bridgehead atoms. The molecule has 0 fully saturated rings. The summed E-state index contributed by atoms with van der Waals surface area (Å²) in [6, 6.07) is 11.4. The first-order chi connectivity index (χ1) is 12.7. The topological polar surface area (TPSA) is 55.4 Å². The van der Waals surface area contributed by atoms with Crippen LogP contribution in [-0.4, -0.2) is 24.3 Å². The Morgan fingerprint density at radius 2 is 1.78 bits per heavy atom. The largest absolute Gasteiger partial charge is 0.481 e. The zero-order chi connectivity index (χ0) is 20.0. The van der Waals surface area contributed by atoms with Crippen molar-refractivity contribution in [3.8, 4) is 5.75 Å². The van der Waals surface area contributed by atoms with Gasteiger partial charge in [-0.2, -0.15) is 13.2 Å². The Labute approximate surface area is 155 Å². The minimum absolute atomic E-state index is 0.103. The van der Waals surface area contributed by atoms with E-state index in [9.17, 15) is 22.8 Å². The van der Waals surface area contributed by atoms with E-state index in [1.165, 1.54) is 19.1 Å². The van der Waals surface area contributed by atoms with E-state index in [2.05, 4.69) is 5.32 Å². The molecular weight excluding hydrogens is 359 g/mol. The molecule has 0 aromatic heterocycles. The van der Waals surface area contributed by atoms with Crippen LogP contribution in [0.2, 0.25) is 0 Å². The molecular formula is C20H20F3NO3. The lowest BCUT2D eigenvalue weighted by Gasteiger charge is -2.15. The number of benzene rings is 2. The molecule has 0 aliphatic heterocycles. The van der Waals surface area contributed by atoms with Gasteiger partial charge in [-0.15, -0.1) is 0 Å². The molecule has 7 heteroatoms. The highest BCUT2D eigenvalue weighted by molar-refractivity contribution is 5.94. The van der Waals surface area contributed by atoms with Crippen LogP contribution in [0.25, 0.3) is 0 Å². The van der Waals surface area contributed by atoms with Gasteiger partial charge >= 0.3 is 6.18 Å². The second kappa shape index (κ2) is 8.70. The number of carbonyl (C=O) groups excluding carboxylic acids is 2. The van der Waals surface area contributed by atoms with Gasteiger partial charge in [-0.25, -0.2) is 0 Å². The van der Waals surface area contributed by atoms with Gasteiger partial charge in [0.05, 0.1) is 5.56 Å². The summed E-state index contributed by atoms with van der Waals surface area (Å²) >= 11 is 0. The van der Waals surface area contributed by atoms with E-state index in [-0.39, 0.29) is 18.2 Å². The van der Waals surface area contributed by atoms with Crippen molar-refractivity contribution in [2.45, 2.75) is 32.5 Å². The fourth-order valence-electron chi connectivity index (χ4n) is 2.38. The quantitative estimate of drug-likeness (QED) is 0.739. The number of hydrogen-bond donors (Lipinski definition) is 1. The highest BCUT2D eigenvalue weighted by Gasteiger charge is 2.29. The smallest absolute Gasteiger partial charge is 0.416 e. The summed E-state index contributed by atoms with van der Waals surface area (Å²) in [6.07, 6.45) is -4.74. The fraction of sp³-hybridized carbons (Fsp3) is 0.300. The third-order valence-electron chi connectivity index (χ3n) is 3.92. The lowest BCUT2D eigenvalue weighted by Crippen LogP contribution is -2.37. The van der Waals surface area contributed by atoms with Gasteiger partial charge < -0.3 is 10.1 Å². The minimum Gasteiger partial charge on any atom is -0.481 e. The van der Waals surface area contributed by atoms with Gasteiger partial charge in [0, 0.05) is 12.1 Å². The molecule has 2 rings (SSSR count). The molecule has 2 aromatic rings. The lowest BCUT2D eigenvalue weighted by molar-refractivity contribution is -0.137. The molecule has 0 spiro atoms. The highest BCUT2D eigenvalue weighted by Crippen LogP contribution is 2.29. The molecule has 0 heterocycles. The molecule has 1 N–H and O–H groups in total. The molecule has 1 unspecified atom stereocenters. The van der Waals surface area contributed by atoms with Gasteiger partial charge in [-0.3, -0.25) is 9.59 Å².